The van der Waals surface area contributed by atoms with Crippen LogP contribution in [0, 0.1) is 12.7 Å². The van der Waals surface area contributed by atoms with Crippen molar-refractivity contribution >= 4 is 16.9 Å². The molecule has 0 amide bonds. The van der Waals surface area contributed by atoms with E-state index in [9.17, 15) is 4.39 Å². The van der Waals surface area contributed by atoms with Gasteiger partial charge in [0.1, 0.15) is 23.1 Å². The molecule has 2 aromatic heterocycles. The molecule has 0 saturated carbocycles. The van der Waals surface area contributed by atoms with Gasteiger partial charge in [0, 0.05) is 30.0 Å². The summed E-state index contributed by atoms with van der Waals surface area (Å²) in [4.78, 5) is 16.4. The summed E-state index contributed by atoms with van der Waals surface area (Å²) >= 11 is 0. The number of rotatable bonds is 7. The van der Waals surface area contributed by atoms with Crippen molar-refractivity contribution in [2.24, 2.45) is 0 Å². The number of alkyl halides is 1. The van der Waals surface area contributed by atoms with Crippen molar-refractivity contribution in [3.05, 3.63) is 58.3 Å². The van der Waals surface area contributed by atoms with Gasteiger partial charge in [-0.1, -0.05) is 18.2 Å². The van der Waals surface area contributed by atoms with Crippen LogP contribution in [0.25, 0.3) is 11.0 Å². The fraction of sp³-hybridized carbons (Fsp3) is 0.519. The second-order valence-electron chi connectivity index (χ2n) is 10.2. The van der Waals surface area contributed by atoms with Crippen LogP contribution in [0.2, 0.25) is 0 Å². The number of hydrogen-bond donors (Lipinski definition) is 1. The maximum Gasteiger partial charge on any atom is 0.165 e. The van der Waals surface area contributed by atoms with Gasteiger partial charge in [0.2, 0.25) is 0 Å². The predicted octanol–water partition coefficient (Wildman–Crippen LogP) is 5.81. The van der Waals surface area contributed by atoms with Crippen molar-refractivity contribution < 1.29 is 13.5 Å². The van der Waals surface area contributed by atoms with Crippen molar-refractivity contribution in [2.45, 2.75) is 64.7 Å². The Hall–Kier alpha value is -2.71. The maximum absolute atomic E-state index is 15.3. The summed E-state index contributed by atoms with van der Waals surface area (Å²) in [7, 11) is 3.91. The number of nitrogens with one attached hydrogen (secondary N) is 1. The van der Waals surface area contributed by atoms with Gasteiger partial charge in [0.25, 0.3) is 0 Å². The van der Waals surface area contributed by atoms with E-state index in [2.05, 4.69) is 11.4 Å². The monoisotopic (exact) mass is 483 g/mol. The van der Waals surface area contributed by atoms with E-state index in [1.165, 1.54) is 25.5 Å². The van der Waals surface area contributed by atoms with Gasteiger partial charge in [0.05, 0.1) is 18.0 Å². The van der Waals surface area contributed by atoms with E-state index in [4.69, 9.17) is 19.7 Å². The lowest BCUT2D eigenvalue weighted by molar-refractivity contribution is 0.0852. The number of aromatic nitrogens is 3. The van der Waals surface area contributed by atoms with Crippen LogP contribution in [0.1, 0.15) is 73.8 Å². The number of ether oxygens (including phenoxy) is 1. The molecule has 35 heavy (non-hydrogen) atoms. The Kier molecular flexibility index (Phi) is 7.33. The maximum atomic E-state index is 15.3. The molecule has 0 spiro atoms. The second-order valence-corrected chi connectivity index (χ2v) is 10.2. The first-order chi connectivity index (χ1) is 16.5. The molecule has 1 aliphatic heterocycles. The Morgan fingerprint density at radius 1 is 1.17 bits per heavy atom. The number of halogens is 2. The highest BCUT2D eigenvalue weighted by Gasteiger charge is 2.27. The van der Waals surface area contributed by atoms with E-state index in [1.807, 2.05) is 32.8 Å². The molecule has 1 N–H and O–H groups in total. The highest BCUT2D eigenvalue weighted by atomic mass is 19.1. The number of nitrogens with zero attached hydrogens (tertiary/aromatic N) is 4. The van der Waals surface area contributed by atoms with Crippen molar-refractivity contribution in [1.29, 1.82) is 0 Å². The van der Waals surface area contributed by atoms with Crippen LogP contribution in [-0.2, 0) is 17.0 Å². The average Bonchev–Trinajstić information content (AvgIpc) is 2.78. The number of fused-ring (bicyclic) bond motifs is 1. The Balaban J connectivity index is 1.78. The zero-order valence-electron chi connectivity index (χ0n) is 21.5. The quantitative estimate of drug-likeness (QED) is 0.458. The van der Waals surface area contributed by atoms with Crippen molar-refractivity contribution in [2.75, 3.05) is 32.6 Å². The number of aryl methyl sites for hydroxylation is 1. The number of pyridine rings is 1. The third-order valence-electron chi connectivity index (χ3n) is 6.57. The zero-order valence-corrected chi connectivity index (χ0v) is 21.5. The Bertz CT molecular complexity index is 1200. The van der Waals surface area contributed by atoms with Crippen LogP contribution < -0.4 is 5.32 Å². The topological polar surface area (TPSA) is 63.2 Å². The van der Waals surface area contributed by atoms with E-state index in [-0.39, 0.29) is 5.56 Å². The predicted molar refractivity (Wildman–Crippen MR) is 135 cm³/mol. The van der Waals surface area contributed by atoms with Crippen molar-refractivity contribution in [1.82, 2.24) is 19.9 Å². The minimum Gasteiger partial charge on any atom is -0.381 e. The number of anilines is 1. The number of benzene rings is 1. The minimum absolute atomic E-state index is 0.0450. The van der Waals surface area contributed by atoms with E-state index in [0.717, 1.165) is 37.1 Å². The normalized spacial score (nSPS) is 16.1. The lowest BCUT2D eigenvalue weighted by atomic mass is 9.90. The van der Waals surface area contributed by atoms with E-state index in [0.29, 0.717) is 35.3 Å². The van der Waals surface area contributed by atoms with Crippen LogP contribution in [0.15, 0.2) is 24.3 Å². The summed E-state index contributed by atoms with van der Waals surface area (Å²) in [6.07, 6.45) is 1.90. The van der Waals surface area contributed by atoms with Crippen molar-refractivity contribution in [3.63, 3.8) is 0 Å². The van der Waals surface area contributed by atoms with E-state index < -0.39 is 17.5 Å². The van der Waals surface area contributed by atoms with Gasteiger partial charge in [-0.2, -0.15) is 0 Å². The van der Waals surface area contributed by atoms with E-state index >= 15 is 4.39 Å². The average molecular weight is 484 g/mol. The molecule has 188 valence electrons. The molecule has 0 bridgehead atoms. The molecule has 3 aromatic rings. The lowest BCUT2D eigenvalue weighted by Gasteiger charge is -2.25. The highest BCUT2D eigenvalue weighted by molar-refractivity contribution is 5.87. The molecule has 0 aliphatic carbocycles. The SMILES string of the molecule is Cc1nc2nc(CN(C)C)nc(N[C@H](C)c3cccc(C(C)(C)F)c3F)c2cc1C1CCOCC1. The van der Waals surface area contributed by atoms with Crippen LogP contribution in [0.3, 0.4) is 0 Å². The third-order valence-corrected chi connectivity index (χ3v) is 6.57. The van der Waals surface area contributed by atoms with Gasteiger partial charge in [-0.3, -0.25) is 0 Å². The third kappa shape index (κ3) is 5.59. The summed E-state index contributed by atoms with van der Waals surface area (Å²) in [6.45, 7) is 8.63. The van der Waals surface area contributed by atoms with Gasteiger partial charge in [-0.15, -0.1) is 0 Å². The first-order valence-corrected chi connectivity index (χ1v) is 12.2. The molecule has 1 atom stereocenters. The first kappa shape index (κ1) is 25.4. The molecule has 6 nitrogen and oxygen atoms in total. The summed E-state index contributed by atoms with van der Waals surface area (Å²) in [6, 6.07) is 6.54. The van der Waals surface area contributed by atoms with Gasteiger partial charge < -0.3 is 15.0 Å². The molecule has 0 radical (unpaired) electrons. The first-order valence-electron chi connectivity index (χ1n) is 12.2. The molecule has 1 fully saturated rings. The second kappa shape index (κ2) is 10.1. The molecule has 0 unspecified atom stereocenters. The minimum atomic E-state index is -1.78. The van der Waals surface area contributed by atoms with Gasteiger partial charge >= 0.3 is 0 Å². The fourth-order valence-corrected chi connectivity index (χ4v) is 4.72. The highest BCUT2D eigenvalue weighted by Crippen LogP contribution is 2.35. The van der Waals surface area contributed by atoms with Gasteiger partial charge in [0.15, 0.2) is 5.65 Å². The van der Waals surface area contributed by atoms with Crippen LogP contribution >= 0.6 is 0 Å². The molecule has 4 rings (SSSR count). The molecule has 1 saturated heterocycles. The zero-order chi connectivity index (χ0) is 25.3. The fourth-order valence-electron chi connectivity index (χ4n) is 4.72. The molecule has 1 aliphatic rings. The Labute approximate surface area is 206 Å². The molecule has 8 heteroatoms. The van der Waals surface area contributed by atoms with Crippen LogP contribution in [0.4, 0.5) is 14.6 Å². The summed E-state index contributed by atoms with van der Waals surface area (Å²) < 4.78 is 35.4. The lowest BCUT2D eigenvalue weighted by Crippen LogP contribution is -2.19. The van der Waals surface area contributed by atoms with Crippen LogP contribution in [-0.4, -0.2) is 47.2 Å². The smallest absolute Gasteiger partial charge is 0.165 e. The summed E-state index contributed by atoms with van der Waals surface area (Å²) in [5, 5.41) is 4.19. The number of hydrogen-bond acceptors (Lipinski definition) is 6. The molecule has 1 aromatic carbocycles. The van der Waals surface area contributed by atoms with Gasteiger partial charge in [-0.25, -0.2) is 23.7 Å². The summed E-state index contributed by atoms with van der Waals surface area (Å²) in [5.74, 6) is 1.06. The van der Waals surface area contributed by atoms with Gasteiger partial charge in [-0.05, 0) is 72.2 Å². The largest absolute Gasteiger partial charge is 0.381 e. The van der Waals surface area contributed by atoms with E-state index in [1.54, 1.807) is 12.1 Å². The molecule has 3 heterocycles. The Morgan fingerprint density at radius 3 is 2.54 bits per heavy atom. The molecular formula is C27H35F2N5O. The standard InChI is InChI=1S/C27H35F2N5O/c1-16(19-8-7-9-22(24(19)28)27(3,4)29)30-25-21-14-20(18-10-12-35-13-11-18)17(2)31-26(21)33-23(32-25)15-34(5)6/h7-9,14,16,18H,10-13,15H2,1-6H3,(H,30,31,32,33)/t16-/m1/s1. The summed E-state index contributed by atoms with van der Waals surface area (Å²) in [5.41, 5.74) is 1.40. The Morgan fingerprint density at radius 2 is 1.89 bits per heavy atom. The van der Waals surface area contributed by atoms with Crippen molar-refractivity contribution in [3.8, 4) is 0 Å². The van der Waals surface area contributed by atoms with Crippen LogP contribution in [0.5, 0.6) is 0 Å². The molecular weight excluding hydrogens is 448 g/mol.